The van der Waals surface area contributed by atoms with E-state index in [1.54, 1.807) is 0 Å². The van der Waals surface area contributed by atoms with Crippen LogP contribution in [0.4, 0.5) is 0 Å². The lowest BCUT2D eigenvalue weighted by Gasteiger charge is -2.36. The number of rotatable bonds is 4. The summed E-state index contributed by atoms with van der Waals surface area (Å²) in [4.78, 5) is 16.6. The molecule has 0 N–H and O–H groups in total. The van der Waals surface area contributed by atoms with Crippen LogP contribution in [-0.2, 0) is 14.8 Å². The van der Waals surface area contributed by atoms with Crippen molar-refractivity contribution in [3.05, 3.63) is 0 Å². The van der Waals surface area contributed by atoms with Gasteiger partial charge in [0.2, 0.25) is 15.9 Å². The fraction of sp³-hybridized carbons (Fsp3) is 0.933. The molecule has 0 aromatic rings. The van der Waals surface area contributed by atoms with E-state index in [1.807, 2.05) is 4.90 Å². The average Bonchev–Trinajstić information content (AvgIpc) is 2.47. The SMILES string of the molecule is CN(C)C1CCN(C(=O)CC2CCN(S(C)(=O)=O)CC2)CC1. The molecule has 2 aliphatic rings. The lowest BCUT2D eigenvalue weighted by molar-refractivity contribution is -0.134. The van der Waals surface area contributed by atoms with Gasteiger partial charge < -0.3 is 9.80 Å². The second-order valence-electron chi connectivity index (χ2n) is 6.89. The molecule has 2 saturated heterocycles. The number of amides is 1. The van der Waals surface area contributed by atoms with Crippen molar-refractivity contribution in [2.45, 2.75) is 38.1 Å². The minimum atomic E-state index is -3.08. The van der Waals surface area contributed by atoms with Gasteiger partial charge in [0.05, 0.1) is 6.26 Å². The highest BCUT2D eigenvalue weighted by Gasteiger charge is 2.29. The van der Waals surface area contributed by atoms with E-state index in [9.17, 15) is 13.2 Å². The predicted octanol–water partition coefficient (Wildman–Crippen LogP) is 0.601. The molecule has 1 amide bonds. The van der Waals surface area contributed by atoms with Gasteiger partial charge in [0.1, 0.15) is 0 Å². The van der Waals surface area contributed by atoms with Crippen molar-refractivity contribution < 1.29 is 13.2 Å². The van der Waals surface area contributed by atoms with Gasteiger partial charge in [-0.3, -0.25) is 4.79 Å². The standard InChI is InChI=1S/C15H29N3O3S/c1-16(2)14-6-8-17(9-7-14)15(19)12-13-4-10-18(11-5-13)22(3,20)21/h13-14H,4-12H2,1-3H3. The van der Waals surface area contributed by atoms with Crippen molar-refractivity contribution in [3.8, 4) is 0 Å². The van der Waals surface area contributed by atoms with Gasteiger partial charge in [-0.05, 0) is 45.7 Å². The summed E-state index contributed by atoms with van der Waals surface area (Å²) < 4.78 is 24.5. The molecule has 6 nitrogen and oxygen atoms in total. The van der Waals surface area contributed by atoms with Gasteiger partial charge in [0.25, 0.3) is 0 Å². The Morgan fingerprint density at radius 2 is 1.59 bits per heavy atom. The molecule has 0 spiro atoms. The molecular formula is C15H29N3O3S. The summed E-state index contributed by atoms with van der Waals surface area (Å²) in [6, 6.07) is 0.585. The Morgan fingerprint density at radius 3 is 2.05 bits per heavy atom. The fourth-order valence-corrected chi connectivity index (χ4v) is 4.33. The van der Waals surface area contributed by atoms with Crippen LogP contribution in [0.2, 0.25) is 0 Å². The van der Waals surface area contributed by atoms with Gasteiger partial charge in [-0.2, -0.15) is 0 Å². The zero-order chi connectivity index (χ0) is 16.3. The van der Waals surface area contributed by atoms with Crippen LogP contribution in [0.5, 0.6) is 0 Å². The smallest absolute Gasteiger partial charge is 0.222 e. The maximum atomic E-state index is 12.4. The van der Waals surface area contributed by atoms with Crippen molar-refractivity contribution in [3.63, 3.8) is 0 Å². The Kier molecular flexibility index (Phi) is 5.85. The first-order chi connectivity index (χ1) is 10.3. The molecule has 0 aliphatic carbocycles. The van der Waals surface area contributed by atoms with E-state index in [-0.39, 0.29) is 5.91 Å². The molecule has 22 heavy (non-hydrogen) atoms. The van der Waals surface area contributed by atoms with E-state index in [0.717, 1.165) is 38.8 Å². The Labute approximate surface area is 134 Å². The van der Waals surface area contributed by atoms with Gasteiger partial charge >= 0.3 is 0 Å². The van der Waals surface area contributed by atoms with E-state index in [4.69, 9.17) is 0 Å². The van der Waals surface area contributed by atoms with E-state index in [1.165, 1.54) is 10.6 Å². The molecule has 0 bridgehead atoms. The van der Waals surface area contributed by atoms with E-state index >= 15 is 0 Å². The molecule has 7 heteroatoms. The Balaban J connectivity index is 1.75. The topological polar surface area (TPSA) is 60.9 Å². The highest BCUT2D eigenvalue weighted by Crippen LogP contribution is 2.24. The van der Waals surface area contributed by atoms with Gasteiger partial charge in [0, 0.05) is 38.6 Å². The third-order valence-corrected chi connectivity index (χ3v) is 6.36. The lowest BCUT2D eigenvalue weighted by atomic mass is 9.93. The van der Waals surface area contributed by atoms with Crippen molar-refractivity contribution in [2.75, 3.05) is 46.5 Å². The quantitative estimate of drug-likeness (QED) is 0.757. The highest BCUT2D eigenvalue weighted by atomic mass is 32.2. The van der Waals surface area contributed by atoms with E-state index in [0.29, 0.717) is 31.5 Å². The summed E-state index contributed by atoms with van der Waals surface area (Å²) in [5.74, 6) is 0.576. The van der Waals surface area contributed by atoms with Gasteiger partial charge in [-0.25, -0.2) is 12.7 Å². The largest absolute Gasteiger partial charge is 0.343 e. The van der Waals surface area contributed by atoms with Crippen LogP contribution in [0.1, 0.15) is 32.1 Å². The first-order valence-electron chi connectivity index (χ1n) is 8.16. The summed E-state index contributed by atoms with van der Waals surface area (Å²) >= 11 is 0. The summed E-state index contributed by atoms with van der Waals surface area (Å²) in [7, 11) is 1.11. The number of carbonyl (C=O) groups is 1. The molecule has 2 fully saturated rings. The van der Waals surface area contributed by atoms with Crippen LogP contribution >= 0.6 is 0 Å². The monoisotopic (exact) mass is 331 g/mol. The molecule has 2 heterocycles. The van der Waals surface area contributed by atoms with Crippen molar-refractivity contribution in [1.82, 2.24) is 14.1 Å². The number of likely N-dealkylation sites (tertiary alicyclic amines) is 1. The Morgan fingerprint density at radius 1 is 1.05 bits per heavy atom. The fourth-order valence-electron chi connectivity index (χ4n) is 3.45. The van der Waals surface area contributed by atoms with Crippen LogP contribution in [0.25, 0.3) is 0 Å². The summed E-state index contributed by atoms with van der Waals surface area (Å²) in [6.07, 6.45) is 5.52. The van der Waals surface area contributed by atoms with Crippen molar-refractivity contribution in [2.24, 2.45) is 5.92 Å². The normalized spacial score (nSPS) is 23.2. The summed E-state index contributed by atoms with van der Waals surface area (Å²) in [5, 5.41) is 0. The third-order valence-electron chi connectivity index (χ3n) is 5.05. The molecule has 0 saturated carbocycles. The van der Waals surface area contributed by atoms with Crippen molar-refractivity contribution in [1.29, 1.82) is 0 Å². The van der Waals surface area contributed by atoms with Crippen LogP contribution in [0.15, 0.2) is 0 Å². The van der Waals surface area contributed by atoms with Crippen LogP contribution in [-0.4, -0.2) is 81.0 Å². The molecule has 0 atom stereocenters. The van der Waals surface area contributed by atoms with Crippen LogP contribution < -0.4 is 0 Å². The number of piperidine rings is 2. The molecule has 0 aromatic carbocycles. The van der Waals surface area contributed by atoms with Gasteiger partial charge in [0.15, 0.2) is 0 Å². The lowest BCUT2D eigenvalue weighted by Crippen LogP contribution is -2.45. The summed E-state index contributed by atoms with van der Waals surface area (Å²) in [5.41, 5.74) is 0. The molecule has 128 valence electrons. The van der Waals surface area contributed by atoms with Crippen LogP contribution in [0, 0.1) is 5.92 Å². The second kappa shape index (κ2) is 7.27. The first kappa shape index (κ1) is 17.7. The zero-order valence-corrected chi connectivity index (χ0v) is 14.8. The molecule has 2 aliphatic heterocycles. The minimum absolute atomic E-state index is 0.245. The van der Waals surface area contributed by atoms with Gasteiger partial charge in [-0.15, -0.1) is 0 Å². The first-order valence-corrected chi connectivity index (χ1v) is 10.0. The zero-order valence-electron chi connectivity index (χ0n) is 14.0. The third kappa shape index (κ3) is 4.67. The highest BCUT2D eigenvalue weighted by molar-refractivity contribution is 7.88. The molecular weight excluding hydrogens is 302 g/mol. The Hall–Kier alpha value is -0.660. The van der Waals surface area contributed by atoms with E-state index in [2.05, 4.69) is 19.0 Å². The molecule has 2 rings (SSSR count). The van der Waals surface area contributed by atoms with E-state index < -0.39 is 10.0 Å². The van der Waals surface area contributed by atoms with Crippen LogP contribution in [0.3, 0.4) is 0 Å². The molecule has 0 aromatic heterocycles. The number of hydrogen-bond acceptors (Lipinski definition) is 4. The maximum Gasteiger partial charge on any atom is 0.222 e. The number of carbonyl (C=O) groups excluding carboxylic acids is 1. The predicted molar refractivity (Wildman–Crippen MR) is 87.0 cm³/mol. The number of nitrogens with zero attached hydrogens (tertiary/aromatic N) is 3. The molecule has 0 radical (unpaired) electrons. The van der Waals surface area contributed by atoms with Crippen molar-refractivity contribution >= 4 is 15.9 Å². The maximum absolute atomic E-state index is 12.4. The van der Waals surface area contributed by atoms with Gasteiger partial charge in [-0.1, -0.05) is 0 Å². The second-order valence-corrected chi connectivity index (χ2v) is 8.87. The number of sulfonamides is 1. The Bertz CT molecular complexity index is 476. The minimum Gasteiger partial charge on any atom is -0.343 e. The summed E-state index contributed by atoms with van der Waals surface area (Å²) in [6.45, 7) is 2.81. The number of hydrogen-bond donors (Lipinski definition) is 0. The molecule has 0 unspecified atom stereocenters. The average molecular weight is 331 g/mol.